The number of carbonyl (C=O) groups excluding carboxylic acids is 1. The maximum atomic E-state index is 12.0. The van der Waals surface area contributed by atoms with Gasteiger partial charge < -0.3 is 5.73 Å². The average molecular weight is 301 g/mol. The van der Waals surface area contributed by atoms with Gasteiger partial charge in [-0.2, -0.15) is 0 Å². The lowest BCUT2D eigenvalue weighted by Gasteiger charge is -1.98. The van der Waals surface area contributed by atoms with Crippen LogP contribution in [0.15, 0.2) is 47.8 Å². The number of aromatic nitrogens is 1. The van der Waals surface area contributed by atoms with Crippen molar-refractivity contribution in [2.24, 2.45) is 0 Å². The van der Waals surface area contributed by atoms with Gasteiger partial charge in [0.15, 0.2) is 5.13 Å². The summed E-state index contributed by atoms with van der Waals surface area (Å²) < 4.78 is 0. The summed E-state index contributed by atoms with van der Waals surface area (Å²) in [6.45, 7) is 0. The number of nitrogens with two attached hydrogens (primary N) is 1. The molecule has 0 radical (unpaired) electrons. The molecule has 2 aromatic heterocycles. The van der Waals surface area contributed by atoms with E-state index in [0.717, 1.165) is 5.56 Å². The zero-order valence-electron chi connectivity index (χ0n) is 10.4. The minimum Gasteiger partial charge on any atom is -0.389 e. The molecule has 0 bridgehead atoms. The van der Waals surface area contributed by atoms with Crippen LogP contribution < -0.4 is 11.1 Å². The second-order valence-electron chi connectivity index (χ2n) is 4.03. The van der Waals surface area contributed by atoms with Crippen LogP contribution in [0.1, 0.15) is 9.67 Å². The second kappa shape index (κ2) is 5.44. The highest BCUT2D eigenvalue weighted by molar-refractivity contribution is 7.20. The lowest BCUT2D eigenvalue weighted by molar-refractivity contribution is 0.103. The molecule has 0 saturated heterocycles. The zero-order chi connectivity index (χ0) is 13.9. The number of hydrogen-bond donors (Lipinski definition) is 2. The van der Waals surface area contributed by atoms with Crippen molar-refractivity contribution in [3.05, 3.63) is 52.7 Å². The van der Waals surface area contributed by atoms with Crippen LogP contribution in [0, 0.1) is 0 Å². The van der Waals surface area contributed by atoms with E-state index in [9.17, 15) is 4.79 Å². The van der Waals surface area contributed by atoms with Crippen LogP contribution in [0.2, 0.25) is 0 Å². The van der Waals surface area contributed by atoms with E-state index in [1.54, 1.807) is 6.07 Å². The monoisotopic (exact) mass is 301 g/mol. The maximum Gasteiger partial charge on any atom is 0.267 e. The number of carbonyl (C=O) groups is 1. The Labute approximate surface area is 123 Å². The summed E-state index contributed by atoms with van der Waals surface area (Å²) in [6.07, 6.45) is 0. The molecule has 0 aliphatic heterocycles. The normalized spacial score (nSPS) is 10.4. The zero-order valence-corrected chi connectivity index (χ0v) is 12.0. The number of rotatable bonds is 3. The Morgan fingerprint density at radius 3 is 2.65 bits per heavy atom. The number of amides is 1. The number of thiazole rings is 1. The Morgan fingerprint density at radius 1 is 1.15 bits per heavy atom. The molecule has 3 aromatic rings. The topological polar surface area (TPSA) is 68.0 Å². The van der Waals surface area contributed by atoms with Gasteiger partial charge in [0.2, 0.25) is 0 Å². The van der Waals surface area contributed by atoms with E-state index in [1.807, 2.05) is 41.8 Å². The van der Waals surface area contributed by atoms with Crippen LogP contribution in [0.5, 0.6) is 0 Å². The van der Waals surface area contributed by atoms with Crippen LogP contribution in [0.25, 0.3) is 11.3 Å². The third-order valence-corrected chi connectivity index (χ3v) is 4.33. The summed E-state index contributed by atoms with van der Waals surface area (Å²) in [5.74, 6) is -0.159. The summed E-state index contributed by atoms with van der Waals surface area (Å²) in [5, 5.41) is 5.74. The minimum atomic E-state index is -0.159. The van der Waals surface area contributed by atoms with Crippen molar-refractivity contribution in [1.82, 2.24) is 4.98 Å². The van der Waals surface area contributed by atoms with Gasteiger partial charge in [-0.1, -0.05) is 47.7 Å². The lowest BCUT2D eigenvalue weighted by Crippen LogP contribution is -2.09. The van der Waals surface area contributed by atoms with Crippen molar-refractivity contribution in [1.29, 1.82) is 0 Å². The predicted octanol–water partition coefficient (Wildman–Crippen LogP) is 3.71. The standard InChI is InChI=1S/C14H11N3OS2/c15-12-11(9-5-2-1-3-6-9)16-14(20-12)17-13(18)10-7-4-8-19-10/h1-8H,15H2,(H,16,17,18). The predicted molar refractivity (Wildman–Crippen MR) is 84.2 cm³/mol. The van der Waals surface area contributed by atoms with E-state index < -0.39 is 0 Å². The fraction of sp³-hybridized carbons (Fsp3) is 0. The van der Waals surface area contributed by atoms with E-state index in [-0.39, 0.29) is 5.91 Å². The average Bonchev–Trinajstić information content (AvgIpc) is 3.09. The number of nitrogens with one attached hydrogen (secondary N) is 1. The van der Waals surface area contributed by atoms with Crippen molar-refractivity contribution < 1.29 is 4.79 Å². The van der Waals surface area contributed by atoms with Gasteiger partial charge in [0, 0.05) is 5.56 Å². The third-order valence-electron chi connectivity index (χ3n) is 2.67. The molecule has 0 atom stereocenters. The van der Waals surface area contributed by atoms with Gasteiger partial charge in [-0.25, -0.2) is 4.98 Å². The van der Waals surface area contributed by atoms with Crippen molar-refractivity contribution in [2.45, 2.75) is 0 Å². The number of hydrogen-bond acceptors (Lipinski definition) is 5. The van der Waals surface area contributed by atoms with Crippen molar-refractivity contribution in [2.75, 3.05) is 11.1 Å². The SMILES string of the molecule is Nc1sc(NC(=O)c2cccs2)nc1-c1ccccc1. The molecule has 1 aromatic carbocycles. The van der Waals surface area contributed by atoms with Gasteiger partial charge in [-0.15, -0.1) is 11.3 Å². The summed E-state index contributed by atoms with van der Waals surface area (Å²) >= 11 is 2.67. The van der Waals surface area contributed by atoms with Gasteiger partial charge in [0.25, 0.3) is 5.91 Å². The van der Waals surface area contributed by atoms with Crippen molar-refractivity contribution in [3.8, 4) is 11.3 Å². The summed E-state index contributed by atoms with van der Waals surface area (Å²) in [6, 6.07) is 13.3. The first-order chi connectivity index (χ1) is 9.74. The molecular formula is C14H11N3OS2. The fourth-order valence-electron chi connectivity index (χ4n) is 1.75. The Kier molecular flexibility index (Phi) is 3.49. The lowest BCUT2D eigenvalue weighted by atomic mass is 10.2. The number of nitrogens with zero attached hydrogens (tertiary/aromatic N) is 1. The molecule has 0 spiro atoms. The minimum absolute atomic E-state index is 0.159. The molecule has 6 heteroatoms. The molecule has 0 saturated carbocycles. The number of anilines is 2. The first-order valence-electron chi connectivity index (χ1n) is 5.90. The maximum absolute atomic E-state index is 12.0. The highest BCUT2D eigenvalue weighted by Gasteiger charge is 2.13. The fourth-order valence-corrected chi connectivity index (χ4v) is 3.12. The summed E-state index contributed by atoms with van der Waals surface area (Å²) in [5.41, 5.74) is 7.62. The smallest absolute Gasteiger partial charge is 0.267 e. The molecular weight excluding hydrogens is 290 g/mol. The molecule has 0 aliphatic rings. The van der Waals surface area contributed by atoms with Crippen molar-refractivity contribution in [3.63, 3.8) is 0 Å². The first-order valence-corrected chi connectivity index (χ1v) is 7.60. The molecule has 0 aliphatic carbocycles. The quantitative estimate of drug-likeness (QED) is 0.775. The number of benzene rings is 1. The van der Waals surface area contributed by atoms with Crippen LogP contribution >= 0.6 is 22.7 Å². The van der Waals surface area contributed by atoms with Crippen LogP contribution in [-0.2, 0) is 0 Å². The van der Waals surface area contributed by atoms with Gasteiger partial charge >= 0.3 is 0 Å². The molecule has 3 rings (SSSR count). The largest absolute Gasteiger partial charge is 0.389 e. The molecule has 2 heterocycles. The first kappa shape index (κ1) is 12.8. The Bertz CT molecular complexity index is 720. The van der Waals surface area contributed by atoms with E-state index in [4.69, 9.17) is 5.73 Å². The van der Waals surface area contributed by atoms with Gasteiger partial charge in [-0.05, 0) is 11.4 Å². The van der Waals surface area contributed by atoms with Gasteiger partial charge in [0.05, 0.1) is 4.88 Å². The molecule has 1 amide bonds. The summed E-state index contributed by atoms with van der Waals surface area (Å²) in [4.78, 5) is 17.0. The molecule has 4 nitrogen and oxygen atoms in total. The van der Waals surface area contributed by atoms with E-state index in [0.29, 0.717) is 20.7 Å². The van der Waals surface area contributed by atoms with Gasteiger partial charge in [0.1, 0.15) is 10.7 Å². The Morgan fingerprint density at radius 2 is 1.95 bits per heavy atom. The third kappa shape index (κ3) is 2.56. The Hall–Kier alpha value is -2.18. The number of thiophene rings is 1. The van der Waals surface area contributed by atoms with E-state index in [1.165, 1.54) is 22.7 Å². The van der Waals surface area contributed by atoms with Gasteiger partial charge in [-0.3, -0.25) is 10.1 Å². The van der Waals surface area contributed by atoms with E-state index in [2.05, 4.69) is 10.3 Å². The second-order valence-corrected chi connectivity index (χ2v) is 6.01. The highest BCUT2D eigenvalue weighted by atomic mass is 32.1. The van der Waals surface area contributed by atoms with Crippen molar-refractivity contribution >= 4 is 38.7 Å². The molecule has 100 valence electrons. The van der Waals surface area contributed by atoms with Crippen LogP contribution in [0.3, 0.4) is 0 Å². The molecule has 0 fully saturated rings. The highest BCUT2D eigenvalue weighted by Crippen LogP contribution is 2.33. The molecule has 20 heavy (non-hydrogen) atoms. The summed E-state index contributed by atoms with van der Waals surface area (Å²) in [7, 11) is 0. The van der Waals surface area contributed by atoms with E-state index >= 15 is 0 Å². The van der Waals surface area contributed by atoms with Crippen LogP contribution in [-0.4, -0.2) is 10.9 Å². The van der Waals surface area contributed by atoms with Crippen LogP contribution in [0.4, 0.5) is 10.1 Å². The number of nitrogen functional groups attached to an aromatic ring is 1. The molecule has 3 N–H and O–H groups in total. The molecule has 0 unspecified atom stereocenters. The Balaban J connectivity index is 1.85.